The van der Waals surface area contributed by atoms with Crippen LogP contribution < -0.4 is 4.74 Å². The molecule has 0 radical (unpaired) electrons. The van der Waals surface area contributed by atoms with Crippen molar-refractivity contribution in [2.75, 3.05) is 20.2 Å². The van der Waals surface area contributed by atoms with E-state index in [0.717, 1.165) is 47.9 Å². The fourth-order valence-electron chi connectivity index (χ4n) is 6.61. The van der Waals surface area contributed by atoms with E-state index in [-0.39, 0.29) is 18.1 Å². The number of carbonyl (C=O) groups is 1. The lowest BCUT2D eigenvalue weighted by Crippen LogP contribution is -2.26. The molecule has 2 fully saturated rings. The van der Waals surface area contributed by atoms with Crippen molar-refractivity contribution in [3.63, 3.8) is 0 Å². The van der Waals surface area contributed by atoms with E-state index in [9.17, 15) is 9.18 Å². The molecule has 1 saturated heterocycles. The number of nitriles is 1. The summed E-state index contributed by atoms with van der Waals surface area (Å²) in [5.74, 6) is 1.91. The topological polar surface area (TPSA) is 111 Å². The minimum Gasteiger partial charge on any atom is -0.473 e. The Morgan fingerprint density at radius 2 is 1.93 bits per heavy atom. The summed E-state index contributed by atoms with van der Waals surface area (Å²) in [7, 11) is 1.39. The SMILES string of the molecule is CCn1cncc1Cn1c(CN2CC3C(C2)C3c2cccc(OCc3ccc(C#N)cc3F)n2)nc2ccc(C(=O)OC)cc21. The van der Waals surface area contributed by atoms with Gasteiger partial charge in [0.25, 0.3) is 0 Å². The lowest BCUT2D eigenvalue weighted by Gasteiger charge is -2.20. The van der Waals surface area contributed by atoms with E-state index in [4.69, 9.17) is 24.7 Å². The number of likely N-dealkylation sites (tertiary alicyclic amines) is 1. The van der Waals surface area contributed by atoms with E-state index < -0.39 is 5.82 Å². The molecule has 7 rings (SSSR count). The molecule has 45 heavy (non-hydrogen) atoms. The molecular formula is C34H32FN7O3. The van der Waals surface area contributed by atoms with Gasteiger partial charge in [-0.1, -0.05) is 12.1 Å². The average Bonchev–Trinajstić information content (AvgIpc) is 3.39. The van der Waals surface area contributed by atoms with Gasteiger partial charge in [0.1, 0.15) is 18.2 Å². The van der Waals surface area contributed by atoms with Crippen molar-refractivity contribution in [3.05, 3.63) is 107 Å². The van der Waals surface area contributed by atoms with E-state index in [1.165, 1.54) is 13.2 Å². The van der Waals surface area contributed by atoms with Crippen LogP contribution in [-0.2, 0) is 31.0 Å². The quantitative estimate of drug-likeness (QED) is 0.206. The average molecular weight is 606 g/mol. The standard InChI is InChI=1S/C34H32FN7O3/c1-3-41-20-37-14-24(41)15-42-30-12-22(34(43)44-2)9-10-28(30)38-31(42)18-40-16-25-26(17-40)33(25)29-5-4-6-32(39-29)45-19-23-8-7-21(13-36)11-27(23)35/h4-12,14,20,25-26,33H,3,15-19H2,1-2H3. The Balaban J connectivity index is 1.05. The summed E-state index contributed by atoms with van der Waals surface area (Å²) >= 11 is 0. The summed E-state index contributed by atoms with van der Waals surface area (Å²) in [6.07, 6.45) is 3.71. The van der Waals surface area contributed by atoms with Gasteiger partial charge in [-0.25, -0.2) is 24.1 Å². The molecule has 0 N–H and O–H groups in total. The van der Waals surface area contributed by atoms with Gasteiger partial charge in [0.2, 0.25) is 5.88 Å². The smallest absolute Gasteiger partial charge is 0.337 e. The fraction of sp³-hybridized carbons (Fsp3) is 0.324. The van der Waals surface area contributed by atoms with E-state index in [1.807, 2.05) is 42.9 Å². The Morgan fingerprint density at radius 1 is 1.09 bits per heavy atom. The van der Waals surface area contributed by atoms with Crippen LogP contribution in [0.4, 0.5) is 4.39 Å². The molecule has 228 valence electrons. The molecule has 4 heterocycles. The highest BCUT2D eigenvalue weighted by Crippen LogP contribution is 2.58. The number of benzene rings is 2. The molecule has 0 spiro atoms. The zero-order chi connectivity index (χ0) is 31.1. The number of aryl methyl sites for hydroxylation is 1. The number of methoxy groups -OCH3 is 1. The van der Waals surface area contributed by atoms with Crippen molar-refractivity contribution in [2.24, 2.45) is 11.8 Å². The number of hydrogen-bond acceptors (Lipinski definition) is 8. The van der Waals surface area contributed by atoms with Crippen molar-refractivity contribution < 1.29 is 18.7 Å². The van der Waals surface area contributed by atoms with Gasteiger partial charge in [-0.2, -0.15) is 5.26 Å². The second-order valence-electron chi connectivity index (χ2n) is 11.6. The van der Waals surface area contributed by atoms with Crippen LogP contribution in [0, 0.1) is 29.0 Å². The Kier molecular flexibility index (Phi) is 7.51. The van der Waals surface area contributed by atoms with Gasteiger partial charge < -0.3 is 18.6 Å². The van der Waals surface area contributed by atoms with Gasteiger partial charge in [0.05, 0.1) is 60.5 Å². The van der Waals surface area contributed by atoms with Crippen molar-refractivity contribution in [2.45, 2.75) is 39.1 Å². The number of hydrogen-bond donors (Lipinski definition) is 0. The largest absolute Gasteiger partial charge is 0.473 e. The predicted molar refractivity (Wildman–Crippen MR) is 163 cm³/mol. The molecule has 1 aliphatic heterocycles. The minimum atomic E-state index is -0.463. The second kappa shape index (κ2) is 11.8. The number of halogens is 1. The number of fused-ring (bicyclic) bond motifs is 2. The van der Waals surface area contributed by atoms with E-state index in [0.29, 0.717) is 47.9 Å². The number of esters is 1. The fourth-order valence-corrected chi connectivity index (χ4v) is 6.61. The Bertz CT molecular complexity index is 1930. The first-order chi connectivity index (χ1) is 21.9. The number of pyridine rings is 1. The molecular weight excluding hydrogens is 573 g/mol. The van der Waals surface area contributed by atoms with Crippen LogP contribution in [-0.4, -0.2) is 55.2 Å². The van der Waals surface area contributed by atoms with E-state index in [2.05, 4.69) is 25.9 Å². The lowest BCUT2D eigenvalue weighted by molar-refractivity contribution is 0.0601. The molecule has 10 nitrogen and oxygen atoms in total. The highest BCUT2D eigenvalue weighted by molar-refractivity contribution is 5.93. The van der Waals surface area contributed by atoms with Crippen LogP contribution in [0.1, 0.15) is 51.5 Å². The maximum atomic E-state index is 14.3. The van der Waals surface area contributed by atoms with Gasteiger partial charge in [-0.15, -0.1) is 0 Å². The first-order valence-corrected chi connectivity index (χ1v) is 15.0. The molecule has 5 aromatic rings. The zero-order valence-electron chi connectivity index (χ0n) is 25.1. The summed E-state index contributed by atoms with van der Waals surface area (Å²) in [4.78, 5) is 28.8. The first-order valence-electron chi connectivity index (χ1n) is 15.0. The molecule has 0 bridgehead atoms. The van der Waals surface area contributed by atoms with Crippen molar-refractivity contribution >= 4 is 17.0 Å². The number of piperidine rings is 1. The highest BCUT2D eigenvalue weighted by Gasteiger charge is 2.57. The van der Waals surface area contributed by atoms with Crippen molar-refractivity contribution in [1.29, 1.82) is 5.26 Å². The van der Waals surface area contributed by atoms with Gasteiger partial charge in [0, 0.05) is 49.1 Å². The predicted octanol–water partition coefficient (Wildman–Crippen LogP) is 4.92. The summed E-state index contributed by atoms with van der Waals surface area (Å²) in [6, 6.07) is 17.6. The summed E-state index contributed by atoms with van der Waals surface area (Å²) in [6.45, 7) is 6.09. The van der Waals surface area contributed by atoms with Crippen LogP contribution in [0.15, 0.2) is 67.1 Å². The van der Waals surface area contributed by atoms with Crippen LogP contribution >= 0.6 is 0 Å². The lowest BCUT2D eigenvalue weighted by atomic mass is 10.1. The Labute approximate surface area is 259 Å². The number of ether oxygens (including phenoxy) is 2. The number of carbonyl (C=O) groups excluding carboxylic acids is 1. The third-order valence-corrected chi connectivity index (χ3v) is 8.99. The highest BCUT2D eigenvalue weighted by atomic mass is 19.1. The molecule has 2 aromatic carbocycles. The van der Waals surface area contributed by atoms with Crippen molar-refractivity contribution in [1.82, 2.24) is 29.0 Å². The molecule has 2 unspecified atom stereocenters. The molecule has 2 aliphatic rings. The normalized spacial score (nSPS) is 18.9. The first kappa shape index (κ1) is 28.7. The van der Waals surface area contributed by atoms with Crippen LogP contribution in [0.5, 0.6) is 5.88 Å². The third-order valence-electron chi connectivity index (χ3n) is 8.99. The van der Waals surface area contributed by atoms with Gasteiger partial charge in [-0.3, -0.25) is 4.90 Å². The Hall–Kier alpha value is -5.08. The molecule has 2 atom stereocenters. The molecule has 1 saturated carbocycles. The second-order valence-corrected chi connectivity index (χ2v) is 11.6. The molecule has 3 aromatic heterocycles. The molecule has 1 aliphatic carbocycles. The third kappa shape index (κ3) is 5.53. The monoisotopic (exact) mass is 605 g/mol. The van der Waals surface area contributed by atoms with Crippen LogP contribution in [0.3, 0.4) is 0 Å². The number of aromatic nitrogens is 5. The molecule has 11 heteroatoms. The van der Waals surface area contributed by atoms with Crippen molar-refractivity contribution in [3.8, 4) is 11.9 Å². The minimum absolute atomic E-state index is 0.0421. The zero-order valence-corrected chi connectivity index (χ0v) is 25.1. The van der Waals surface area contributed by atoms with Crippen LogP contribution in [0.2, 0.25) is 0 Å². The van der Waals surface area contributed by atoms with E-state index in [1.54, 1.807) is 24.3 Å². The summed E-state index contributed by atoms with van der Waals surface area (Å²) in [5, 5.41) is 8.97. The van der Waals surface area contributed by atoms with E-state index >= 15 is 0 Å². The number of imidazole rings is 2. The van der Waals surface area contributed by atoms with Gasteiger partial charge in [0.15, 0.2) is 0 Å². The number of nitrogens with zero attached hydrogens (tertiary/aromatic N) is 7. The summed E-state index contributed by atoms with van der Waals surface area (Å²) in [5.41, 5.74) is 4.95. The maximum Gasteiger partial charge on any atom is 0.337 e. The van der Waals surface area contributed by atoms with Gasteiger partial charge >= 0.3 is 5.97 Å². The molecule has 0 amide bonds. The van der Waals surface area contributed by atoms with Gasteiger partial charge in [-0.05, 0) is 55.2 Å². The Morgan fingerprint density at radius 3 is 2.69 bits per heavy atom. The maximum absolute atomic E-state index is 14.3. The summed E-state index contributed by atoms with van der Waals surface area (Å²) < 4.78 is 29.4. The van der Waals surface area contributed by atoms with Crippen LogP contribution in [0.25, 0.3) is 11.0 Å². The number of rotatable bonds is 10.